The molecule has 18 heavy (non-hydrogen) atoms. The first-order valence-corrected chi connectivity index (χ1v) is 6.82. The maximum absolute atomic E-state index is 9.21. The average molecular weight is 263 g/mol. The van der Waals surface area contributed by atoms with Crippen LogP contribution in [0.5, 0.6) is 5.75 Å². The van der Waals surface area contributed by atoms with Gasteiger partial charge in [0.25, 0.3) is 0 Å². The predicted octanol–water partition coefficient (Wildman–Crippen LogP) is 3.09. The number of aryl methyl sites for hydroxylation is 2. The van der Waals surface area contributed by atoms with Crippen molar-refractivity contribution in [2.45, 2.75) is 33.5 Å². The number of hydrogen-bond acceptors (Lipinski definition) is 4. The molecule has 1 aromatic carbocycles. The van der Waals surface area contributed by atoms with Gasteiger partial charge in [0, 0.05) is 0 Å². The van der Waals surface area contributed by atoms with Gasteiger partial charge < -0.3 is 9.84 Å². The minimum atomic E-state index is 0.0609. The molecule has 0 amide bonds. The van der Waals surface area contributed by atoms with Crippen LogP contribution < -0.4 is 4.74 Å². The number of aliphatic hydroxyl groups is 1. The first-order chi connectivity index (χ1) is 8.72. The summed E-state index contributed by atoms with van der Waals surface area (Å²) in [6.07, 6.45) is 0.844. The van der Waals surface area contributed by atoms with Crippen molar-refractivity contribution in [3.05, 3.63) is 45.4 Å². The van der Waals surface area contributed by atoms with Gasteiger partial charge in [-0.15, -0.1) is 11.3 Å². The Labute approximate surface area is 111 Å². The van der Waals surface area contributed by atoms with Crippen LogP contribution in [0, 0.1) is 6.92 Å². The summed E-state index contributed by atoms with van der Waals surface area (Å²) >= 11 is 1.52. The highest BCUT2D eigenvalue weighted by Gasteiger charge is 2.09. The van der Waals surface area contributed by atoms with Crippen molar-refractivity contribution in [2.24, 2.45) is 0 Å². The van der Waals surface area contributed by atoms with E-state index in [0.717, 1.165) is 27.7 Å². The van der Waals surface area contributed by atoms with Crippen LogP contribution in [0.1, 0.15) is 28.1 Å². The Balaban J connectivity index is 2.01. The van der Waals surface area contributed by atoms with Crippen molar-refractivity contribution in [2.75, 3.05) is 0 Å². The summed E-state index contributed by atoms with van der Waals surface area (Å²) in [7, 11) is 0. The molecule has 0 spiro atoms. The van der Waals surface area contributed by atoms with Crippen molar-refractivity contribution in [1.29, 1.82) is 0 Å². The molecule has 2 aromatic rings. The van der Waals surface area contributed by atoms with Gasteiger partial charge in [-0.1, -0.05) is 24.6 Å². The van der Waals surface area contributed by atoms with Gasteiger partial charge in [0.2, 0.25) is 0 Å². The van der Waals surface area contributed by atoms with Crippen molar-refractivity contribution >= 4 is 11.3 Å². The highest BCUT2D eigenvalue weighted by atomic mass is 32.1. The molecule has 3 nitrogen and oxygen atoms in total. The minimum absolute atomic E-state index is 0.0609. The van der Waals surface area contributed by atoms with Crippen LogP contribution in [0.25, 0.3) is 0 Å². The summed E-state index contributed by atoms with van der Waals surface area (Å²) in [5, 5.41) is 10.1. The molecule has 0 atom stereocenters. The Kier molecular flexibility index (Phi) is 4.33. The lowest BCUT2D eigenvalue weighted by atomic mass is 10.2. The Morgan fingerprint density at radius 1 is 1.28 bits per heavy atom. The molecule has 0 unspecified atom stereocenters. The molecule has 4 heteroatoms. The molecule has 0 bridgehead atoms. The third-order valence-electron chi connectivity index (χ3n) is 2.68. The SMILES string of the molecule is CCc1nc(COc2ccc(C)cc2)sc1CO. The quantitative estimate of drug-likeness (QED) is 0.901. The van der Waals surface area contributed by atoms with E-state index in [9.17, 15) is 5.11 Å². The van der Waals surface area contributed by atoms with Gasteiger partial charge >= 0.3 is 0 Å². The fourth-order valence-corrected chi connectivity index (χ4v) is 2.61. The maximum Gasteiger partial charge on any atom is 0.140 e. The lowest BCUT2D eigenvalue weighted by molar-refractivity contribution is 0.284. The van der Waals surface area contributed by atoms with Crippen molar-refractivity contribution < 1.29 is 9.84 Å². The van der Waals surface area contributed by atoms with Crippen molar-refractivity contribution in [3.63, 3.8) is 0 Å². The molecule has 0 saturated carbocycles. The first kappa shape index (κ1) is 13.1. The van der Waals surface area contributed by atoms with E-state index in [1.54, 1.807) is 0 Å². The highest BCUT2D eigenvalue weighted by Crippen LogP contribution is 2.21. The second-order valence-corrected chi connectivity index (χ2v) is 5.26. The topological polar surface area (TPSA) is 42.4 Å². The second-order valence-electron chi connectivity index (χ2n) is 4.09. The van der Waals surface area contributed by atoms with Gasteiger partial charge in [0.15, 0.2) is 0 Å². The van der Waals surface area contributed by atoms with E-state index in [0.29, 0.717) is 6.61 Å². The van der Waals surface area contributed by atoms with Gasteiger partial charge in [0.05, 0.1) is 17.2 Å². The van der Waals surface area contributed by atoms with Crippen LogP contribution in [0.4, 0.5) is 0 Å². The van der Waals surface area contributed by atoms with Gasteiger partial charge in [-0.2, -0.15) is 0 Å². The van der Waals surface area contributed by atoms with Crippen LogP contribution in [0.15, 0.2) is 24.3 Å². The Morgan fingerprint density at radius 2 is 2.00 bits per heavy atom. The zero-order valence-electron chi connectivity index (χ0n) is 10.6. The molecular weight excluding hydrogens is 246 g/mol. The lowest BCUT2D eigenvalue weighted by Crippen LogP contribution is -1.95. The number of aromatic nitrogens is 1. The summed E-state index contributed by atoms with van der Waals surface area (Å²) in [4.78, 5) is 5.41. The first-order valence-electron chi connectivity index (χ1n) is 6.00. The van der Waals surface area contributed by atoms with Gasteiger partial charge in [0.1, 0.15) is 17.4 Å². The molecule has 1 aromatic heterocycles. The molecule has 0 aliphatic carbocycles. The molecule has 0 aliphatic heterocycles. The van der Waals surface area contributed by atoms with E-state index in [-0.39, 0.29) is 6.61 Å². The number of benzene rings is 1. The summed E-state index contributed by atoms with van der Waals surface area (Å²) in [6, 6.07) is 7.95. The summed E-state index contributed by atoms with van der Waals surface area (Å²) in [5.41, 5.74) is 2.19. The summed E-state index contributed by atoms with van der Waals surface area (Å²) in [5.74, 6) is 0.847. The van der Waals surface area contributed by atoms with Crippen molar-refractivity contribution in [1.82, 2.24) is 4.98 Å². The average Bonchev–Trinajstić information content (AvgIpc) is 2.80. The molecule has 0 radical (unpaired) electrons. The zero-order valence-corrected chi connectivity index (χ0v) is 11.5. The largest absolute Gasteiger partial charge is 0.486 e. The molecule has 0 fully saturated rings. The number of hydrogen-bond donors (Lipinski definition) is 1. The number of rotatable bonds is 5. The van der Waals surface area contributed by atoms with E-state index in [2.05, 4.69) is 4.98 Å². The Bertz CT molecular complexity index is 484. The lowest BCUT2D eigenvalue weighted by Gasteiger charge is -2.03. The molecule has 96 valence electrons. The number of aliphatic hydroxyl groups excluding tert-OH is 1. The minimum Gasteiger partial charge on any atom is -0.486 e. The van der Waals surface area contributed by atoms with E-state index >= 15 is 0 Å². The van der Waals surface area contributed by atoms with E-state index in [1.165, 1.54) is 16.9 Å². The monoisotopic (exact) mass is 263 g/mol. The fourth-order valence-electron chi connectivity index (χ4n) is 1.68. The number of nitrogens with zero attached hydrogens (tertiary/aromatic N) is 1. The van der Waals surface area contributed by atoms with E-state index < -0.39 is 0 Å². The molecule has 1 N–H and O–H groups in total. The third-order valence-corrected chi connectivity index (χ3v) is 3.74. The number of thiazole rings is 1. The van der Waals surface area contributed by atoms with Gasteiger partial charge in [-0.3, -0.25) is 0 Å². The highest BCUT2D eigenvalue weighted by molar-refractivity contribution is 7.11. The standard InChI is InChI=1S/C14H17NO2S/c1-3-12-13(8-16)18-14(15-12)9-17-11-6-4-10(2)5-7-11/h4-7,16H,3,8-9H2,1-2H3. The van der Waals surface area contributed by atoms with Crippen LogP contribution in [0.2, 0.25) is 0 Å². The smallest absolute Gasteiger partial charge is 0.140 e. The van der Waals surface area contributed by atoms with Crippen LogP contribution in [-0.2, 0) is 19.6 Å². The summed E-state index contributed by atoms with van der Waals surface area (Å²) in [6.45, 7) is 4.61. The van der Waals surface area contributed by atoms with Gasteiger partial charge in [-0.05, 0) is 25.5 Å². The van der Waals surface area contributed by atoms with Crippen LogP contribution in [0.3, 0.4) is 0 Å². The predicted molar refractivity (Wildman–Crippen MR) is 72.9 cm³/mol. The van der Waals surface area contributed by atoms with E-state index in [4.69, 9.17) is 4.74 Å². The van der Waals surface area contributed by atoms with Crippen molar-refractivity contribution in [3.8, 4) is 5.75 Å². The maximum atomic E-state index is 9.21. The molecule has 0 saturated heterocycles. The molecule has 0 aliphatic rings. The van der Waals surface area contributed by atoms with Gasteiger partial charge in [-0.25, -0.2) is 4.98 Å². The molecule has 1 heterocycles. The third kappa shape index (κ3) is 3.09. The normalized spacial score (nSPS) is 10.6. The second kappa shape index (κ2) is 5.98. The van der Waals surface area contributed by atoms with Crippen LogP contribution >= 0.6 is 11.3 Å². The zero-order chi connectivity index (χ0) is 13.0. The number of ether oxygens (including phenoxy) is 1. The van der Waals surface area contributed by atoms with E-state index in [1.807, 2.05) is 38.1 Å². The molecular formula is C14H17NO2S. The summed E-state index contributed by atoms with van der Waals surface area (Å²) < 4.78 is 5.67. The Morgan fingerprint density at radius 3 is 2.56 bits per heavy atom. The molecule has 2 rings (SSSR count). The Hall–Kier alpha value is -1.39. The van der Waals surface area contributed by atoms with Crippen LogP contribution in [-0.4, -0.2) is 10.1 Å². The fraction of sp³-hybridized carbons (Fsp3) is 0.357.